The van der Waals surface area contributed by atoms with Gasteiger partial charge in [0.2, 0.25) is 0 Å². The SMILES string of the molecule is CC.CNc1n[nH]c2c1sc1nnc(C)c(C)c12. The second kappa shape index (κ2) is 4.89. The van der Waals surface area contributed by atoms with Crippen LogP contribution in [0.5, 0.6) is 0 Å². The minimum absolute atomic E-state index is 0.870. The number of aryl methyl sites for hydroxylation is 2. The Morgan fingerprint density at radius 2 is 1.89 bits per heavy atom. The summed E-state index contributed by atoms with van der Waals surface area (Å²) in [6.45, 7) is 8.04. The number of rotatable bonds is 1. The summed E-state index contributed by atoms with van der Waals surface area (Å²) in [7, 11) is 1.86. The van der Waals surface area contributed by atoms with E-state index < -0.39 is 0 Å². The van der Waals surface area contributed by atoms with Gasteiger partial charge in [0.25, 0.3) is 0 Å². The highest BCUT2D eigenvalue weighted by atomic mass is 32.1. The van der Waals surface area contributed by atoms with Crippen molar-refractivity contribution in [1.29, 1.82) is 0 Å². The zero-order valence-electron chi connectivity index (χ0n) is 11.2. The number of anilines is 1. The monoisotopic (exact) mass is 263 g/mol. The molecule has 0 aliphatic heterocycles. The summed E-state index contributed by atoms with van der Waals surface area (Å²) in [6.07, 6.45) is 0. The van der Waals surface area contributed by atoms with Gasteiger partial charge in [-0.15, -0.1) is 16.4 Å². The molecule has 0 fully saturated rings. The summed E-state index contributed by atoms with van der Waals surface area (Å²) in [5.74, 6) is 0.870. The standard InChI is InChI=1S/C10H11N5S.C2H6/c1-4-5(2)12-15-10-6(4)7-8(16-10)9(11-3)14-13-7;1-2/h1-3H3,(H2,11,13,14);1-2H3. The first-order valence-electron chi connectivity index (χ1n) is 6.00. The summed E-state index contributed by atoms with van der Waals surface area (Å²) in [5, 5.41) is 19.8. The fourth-order valence-corrected chi connectivity index (χ4v) is 2.95. The van der Waals surface area contributed by atoms with Crippen LogP contribution in [0, 0.1) is 13.8 Å². The molecule has 0 bridgehead atoms. The van der Waals surface area contributed by atoms with Crippen LogP contribution in [0.1, 0.15) is 25.1 Å². The molecule has 2 N–H and O–H groups in total. The molecular weight excluding hydrogens is 246 g/mol. The van der Waals surface area contributed by atoms with E-state index in [1.807, 2.05) is 27.8 Å². The maximum Gasteiger partial charge on any atom is 0.165 e. The number of aromatic amines is 1. The van der Waals surface area contributed by atoms with E-state index >= 15 is 0 Å². The topological polar surface area (TPSA) is 66.5 Å². The molecule has 0 aliphatic carbocycles. The third kappa shape index (κ3) is 1.73. The zero-order chi connectivity index (χ0) is 13.3. The summed E-state index contributed by atoms with van der Waals surface area (Å²) < 4.78 is 1.11. The van der Waals surface area contributed by atoms with E-state index in [2.05, 4.69) is 32.6 Å². The predicted molar refractivity (Wildman–Crippen MR) is 77.4 cm³/mol. The van der Waals surface area contributed by atoms with Crippen LogP contribution in [-0.4, -0.2) is 27.4 Å². The normalized spacial score (nSPS) is 10.5. The van der Waals surface area contributed by atoms with Crippen LogP contribution in [0.3, 0.4) is 0 Å². The number of aromatic nitrogens is 4. The Morgan fingerprint density at radius 3 is 2.56 bits per heavy atom. The van der Waals surface area contributed by atoms with Crippen molar-refractivity contribution < 1.29 is 0 Å². The van der Waals surface area contributed by atoms with E-state index in [1.54, 1.807) is 11.3 Å². The smallest absolute Gasteiger partial charge is 0.165 e. The number of nitrogens with zero attached hydrogens (tertiary/aromatic N) is 3. The van der Waals surface area contributed by atoms with Gasteiger partial charge in [-0.05, 0) is 19.4 Å². The van der Waals surface area contributed by atoms with E-state index in [4.69, 9.17) is 0 Å². The van der Waals surface area contributed by atoms with Crippen molar-refractivity contribution >= 4 is 37.6 Å². The van der Waals surface area contributed by atoms with Crippen molar-refractivity contribution in [3.8, 4) is 0 Å². The van der Waals surface area contributed by atoms with Gasteiger partial charge in [0.1, 0.15) is 4.83 Å². The van der Waals surface area contributed by atoms with Crippen molar-refractivity contribution in [2.24, 2.45) is 0 Å². The van der Waals surface area contributed by atoms with E-state index in [0.717, 1.165) is 31.9 Å². The van der Waals surface area contributed by atoms with Crippen molar-refractivity contribution in [3.05, 3.63) is 11.3 Å². The average Bonchev–Trinajstić information content (AvgIpc) is 2.94. The Morgan fingerprint density at radius 1 is 1.17 bits per heavy atom. The Balaban J connectivity index is 0.000000574. The molecule has 0 unspecified atom stereocenters. The Bertz CT molecular complexity index is 682. The van der Waals surface area contributed by atoms with Gasteiger partial charge in [0.05, 0.1) is 15.9 Å². The molecule has 6 heteroatoms. The van der Waals surface area contributed by atoms with Crippen molar-refractivity contribution in [2.75, 3.05) is 12.4 Å². The fourth-order valence-electron chi connectivity index (χ4n) is 1.82. The second-order valence-corrected chi connectivity index (χ2v) is 4.72. The highest BCUT2D eigenvalue weighted by molar-refractivity contribution is 7.26. The lowest BCUT2D eigenvalue weighted by Crippen LogP contribution is -1.90. The van der Waals surface area contributed by atoms with Crippen LogP contribution in [0.15, 0.2) is 0 Å². The summed E-state index contributed by atoms with van der Waals surface area (Å²) >= 11 is 1.61. The molecule has 96 valence electrons. The molecule has 0 saturated carbocycles. The highest BCUT2D eigenvalue weighted by Crippen LogP contribution is 2.36. The molecule has 3 heterocycles. The predicted octanol–water partition coefficient (Wildman–Crippen LogP) is 3.25. The second-order valence-electron chi connectivity index (χ2n) is 3.72. The minimum atomic E-state index is 0.870. The number of fused-ring (bicyclic) bond motifs is 3. The lowest BCUT2D eigenvalue weighted by Gasteiger charge is -1.97. The maximum absolute atomic E-state index is 4.22. The third-order valence-corrected chi connectivity index (χ3v) is 3.91. The van der Waals surface area contributed by atoms with Gasteiger partial charge in [-0.1, -0.05) is 13.8 Å². The van der Waals surface area contributed by atoms with Crippen LogP contribution in [0.25, 0.3) is 20.4 Å². The molecule has 18 heavy (non-hydrogen) atoms. The van der Waals surface area contributed by atoms with Gasteiger partial charge in [-0.2, -0.15) is 10.2 Å². The molecule has 3 aromatic heterocycles. The molecule has 0 spiro atoms. The van der Waals surface area contributed by atoms with E-state index in [0.29, 0.717) is 0 Å². The molecule has 0 aromatic carbocycles. The number of hydrogen-bond acceptors (Lipinski definition) is 5. The Hall–Kier alpha value is -1.69. The van der Waals surface area contributed by atoms with Crippen molar-refractivity contribution in [3.63, 3.8) is 0 Å². The molecular formula is C12H17N5S. The van der Waals surface area contributed by atoms with Crippen LogP contribution in [0.2, 0.25) is 0 Å². The van der Waals surface area contributed by atoms with Gasteiger partial charge in [-0.3, -0.25) is 5.10 Å². The van der Waals surface area contributed by atoms with Crippen LogP contribution >= 0.6 is 11.3 Å². The lowest BCUT2D eigenvalue weighted by molar-refractivity contribution is 1.01. The third-order valence-electron chi connectivity index (χ3n) is 2.83. The molecule has 3 aromatic rings. The van der Waals surface area contributed by atoms with Gasteiger partial charge >= 0.3 is 0 Å². The van der Waals surface area contributed by atoms with Crippen LogP contribution in [-0.2, 0) is 0 Å². The first kappa shape index (κ1) is 12.8. The van der Waals surface area contributed by atoms with Gasteiger partial charge < -0.3 is 5.32 Å². The molecule has 0 atom stereocenters. The van der Waals surface area contributed by atoms with Crippen molar-refractivity contribution in [2.45, 2.75) is 27.7 Å². The molecule has 0 saturated heterocycles. The average molecular weight is 263 g/mol. The Kier molecular flexibility index (Phi) is 3.47. The van der Waals surface area contributed by atoms with E-state index in [-0.39, 0.29) is 0 Å². The highest BCUT2D eigenvalue weighted by Gasteiger charge is 2.15. The Labute approximate surface area is 110 Å². The largest absolute Gasteiger partial charge is 0.370 e. The molecule has 5 nitrogen and oxygen atoms in total. The first-order chi connectivity index (χ1) is 8.72. The molecule has 0 aliphatic rings. The summed E-state index contributed by atoms with van der Waals surface area (Å²) in [6, 6.07) is 0. The van der Waals surface area contributed by atoms with Crippen molar-refractivity contribution in [1.82, 2.24) is 20.4 Å². The summed E-state index contributed by atoms with van der Waals surface area (Å²) in [5.41, 5.74) is 3.19. The summed E-state index contributed by atoms with van der Waals surface area (Å²) in [4.78, 5) is 0.961. The number of nitrogens with one attached hydrogen (secondary N) is 2. The van der Waals surface area contributed by atoms with Crippen LogP contribution in [0.4, 0.5) is 5.82 Å². The van der Waals surface area contributed by atoms with Gasteiger partial charge in [0.15, 0.2) is 5.82 Å². The quantitative estimate of drug-likeness (QED) is 0.707. The lowest BCUT2D eigenvalue weighted by atomic mass is 10.1. The first-order valence-corrected chi connectivity index (χ1v) is 6.82. The van der Waals surface area contributed by atoms with Gasteiger partial charge in [0, 0.05) is 12.4 Å². The minimum Gasteiger partial charge on any atom is -0.370 e. The molecule has 3 rings (SSSR count). The fraction of sp³-hybridized carbons (Fsp3) is 0.417. The van der Waals surface area contributed by atoms with Crippen LogP contribution < -0.4 is 5.32 Å². The number of H-pyrrole nitrogens is 1. The maximum atomic E-state index is 4.22. The molecule has 0 radical (unpaired) electrons. The number of hydrogen-bond donors (Lipinski definition) is 2. The zero-order valence-corrected chi connectivity index (χ0v) is 12.1. The van der Waals surface area contributed by atoms with E-state index in [1.165, 1.54) is 5.56 Å². The number of thiophene rings is 1. The van der Waals surface area contributed by atoms with Gasteiger partial charge in [-0.25, -0.2) is 0 Å². The molecule has 0 amide bonds. The van der Waals surface area contributed by atoms with E-state index in [9.17, 15) is 0 Å².